The molecule has 2 aromatic rings. The van der Waals surface area contributed by atoms with Crippen molar-refractivity contribution >= 4 is 11.3 Å². The molecule has 4 nitrogen and oxygen atoms in total. The number of benzene rings is 1. The highest BCUT2D eigenvalue weighted by Gasteiger charge is 2.21. The van der Waals surface area contributed by atoms with Crippen LogP contribution in [0.25, 0.3) is 0 Å². The largest absolute Gasteiger partial charge is 0.496 e. The lowest BCUT2D eigenvalue weighted by Crippen LogP contribution is -2.17. The summed E-state index contributed by atoms with van der Waals surface area (Å²) in [6.07, 6.45) is 4.03. The molecule has 21 heavy (non-hydrogen) atoms. The predicted molar refractivity (Wildman–Crippen MR) is 84.3 cm³/mol. The average molecular weight is 304 g/mol. The van der Waals surface area contributed by atoms with Gasteiger partial charge in [0.05, 0.1) is 12.1 Å². The Morgan fingerprint density at radius 2 is 2.38 bits per heavy atom. The summed E-state index contributed by atoms with van der Waals surface area (Å²) in [5.41, 5.74) is 2.38. The number of nitrogens with zero attached hydrogens (tertiary/aromatic N) is 1. The Hall–Kier alpha value is -1.59. The molecule has 112 valence electrons. The van der Waals surface area contributed by atoms with Gasteiger partial charge in [-0.3, -0.25) is 0 Å². The van der Waals surface area contributed by atoms with Gasteiger partial charge in [0.1, 0.15) is 17.6 Å². The maximum Gasteiger partial charge on any atom is 0.123 e. The Morgan fingerprint density at radius 3 is 3.14 bits per heavy atom. The second kappa shape index (κ2) is 6.45. The zero-order valence-electron chi connectivity index (χ0n) is 12.4. The molecule has 0 spiro atoms. The smallest absolute Gasteiger partial charge is 0.123 e. The van der Waals surface area contributed by atoms with E-state index < -0.39 is 0 Å². The molecule has 0 aliphatic carbocycles. The van der Waals surface area contributed by atoms with Crippen LogP contribution in [-0.2, 0) is 19.4 Å². The first kappa shape index (κ1) is 14.4. The molecule has 2 heterocycles. The third-order valence-electron chi connectivity index (χ3n) is 3.61. The van der Waals surface area contributed by atoms with Crippen molar-refractivity contribution in [3.63, 3.8) is 0 Å². The molecule has 0 radical (unpaired) electrons. The van der Waals surface area contributed by atoms with Gasteiger partial charge in [-0.1, -0.05) is 0 Å². The minimum atomic E-state index is 0.262. The molecule has 0 saturated heterocycles. The predicted octanol–water partition coefficient (Wildman–Crippen LogP) is 2.81. The van der Waals surface area contributed by atoms with Gasteiger partial charge in [0.2, 0.25) is 0 Å². The molecule has 1 N–H and O–H groups in total. The molecule has 1 atom stereocenters. The molecule has 0 amide bonds. The van der Waals surface area contributed by atoms with E-state index in [-0.39, 0.29) is 6.10 Å². The van der Waals surface area contributed by atoms with E-state index in [1.54, 1.807) is 18.4 Å². The molecule has 5 heteroatoms. The van der Waals surface area contributed by atoms with Crippen LogP contribution in [0.15, 0.2) is 23.7 Å². The van der Waals surface area contributed by atoms with E-state index >= 15 is 0 Å². The van der Waals surface area contributed by atoms with Crippen LogP contribution in [0.5, 0.6) is 11.5 Å². The van der Waals surface area contributed by atoms with Gasteiger partial charge in [-0.25, -0.2) is 4.98 Å². The van der Waals surface area contributed by atoms with Crippen LogP contribution in [0, 0.1) is 0 Å². The lowest BCUT2D eigenvalue weighted by Gasteiger charge is -2.11. The van der Waals surface area contributed by atoms with Gasteiger partial charge >= 0.3 is 0 Å². The maximum absolute atomic E-state index is 5.82. The fourth-order valence-electron chi connectivity index (χ4n) is 2.60. The van der Waals surface area contributed by atoms with Crippen molar-refractivity contribution in [1.29, 1.82) is 0 Å². The van der Waals surface area contributed by atoms with Gasteiger partial charge in [-0.15, -0.1) is 11.3 Å². The average Bonchev–Trinajstić information content (AvgIpc) is 3.10. The molecular formula is C16H20N2O2S. The van der Waals surface area contributed by atoms with Crippen LogP contribution in [0.4, 0.5) is 0 Å². The first-order valence-electron chi connectivity index (χ1n) is 7.22. The number of ether oxygens (including phenoxy) is 2. The fourth-order valence-corrected chi connectivity index (χ4v) is 3.22. The molecule has 1 unspecified atom stereocenters. The molecule has 3 rings (SSSR count). The van der Waals surface area contributed by atoms with Crippen LogP contribution in [-0.4, -0.2) is 24.7 Å². The van der Waals surface area contributed by atoms with Crippen molar-refractivity contribution in [2.45, 2.75) is 32.4 Å². The Bertz CT molecular complexity index is 599. The highest BCUT2D eigenvalue weighted by Crippen LogP contribution is 2.34. The first-order chi connectivity index (χ1) is 10.3. The lowest BCUT2D eigenvalue weighted by molar-refractivity contribution is 0.254. The van der Waals surface area contributed by atoms with Crippen molar-refractivity contribution in [3.05, 3.63) is 39.8 Å². The molecule has 1 aromatic heterocycles. The third-order valence-corrected chi connectivity index (χ3v) is 4.45. The van der Waals surface area contributed by atoms with Gasteiger partial charge < -0.3 is 14.8 Å². The number of thiazole rings is 1. The number of rotatable bonds is 6. The van der Waals surface area contributed by atoms with Crippen LogP contribution in [0.2, 0.25) is 0 Å². The topological polar surface area (TPSA) is 43.4 Å². The number of hydrogen-bond donors (Lipinski definition) is 1. The number of methoxy groups -OCH3 is 1. The van der Waals surface area contributed by atoms with Gasteiger partial charge in [-0.05, 0) is 19.1 Å². The zero-order chi connectivity index (χ0) is 14.7. The Kier molecular flexibility index (Phi) is 4.41. The summed E-state index contributed by atoms with van der Waals surface area (Å²) in [6.45, 7) is 3.78. The van der Waals surface area contributed by atoms with E-state index in [1.807, 2.05) is 11.6 Å². The summed E-state index contributed by atoms with van der Waals surface area (Å²) in [4.78, 5) is 4.28. The molecule has 1 aliphatic heterocycles. The van der Waals surface area contributed by atoms with E-state index in [1.165, 1.54) is 10.6 Å². The standard InChI is InChI=1S/C16H20N2O2S/c1-11-7-12-8-14(19-2)13(9-15(12)20-11)10-17-4-3-16-18-5-6-21-16/h5-6,8-9,11,17H,3-4,7,10H2,1-2H3. The molecule has 1 aromatic carbocycles. The van der Waals surface area contributed by atoms with E-state index in [4.69, 9.17) is 9.47 Å². The quantitative estimate of drug-likeness (QED) is 0.834. The summed E-state index contributed by atoms with van der Waals surface area (Å²) >= 11 is 1.70. The van der Waals surface area contributed by atoms with Crippen molar-refractivity contribution in [3.8, 4) is 11.5 Å². The van der Waals surface area contributed by atoms with Gasteiger partial charge in [0, 0.05) is 48.6 Å². The molecule has 0 bridgehead atoms. The molecule has 1 aliphatic rings. The summed E-state index contributed by atoms with van der Waals surface area (Å²) in [5.74, 6) is 1.94. The highest BCUT2D eigenvalue weighted by molar-refractivity contribution is 7.09. The normalized spacial score (nSPS) is 16.6. The van der Waals surface area contributed by atoms with Crippen molar-refractivity contribution in [2.24, 2.45) is 0 Å². The number of fused-ring (bicyclic) bond motifs is 1. The lowest BCUT2D eigenvalue weighted by atomic mass is 10.1. The zero-order valence-corrected chi connectivity index (χ0v) is 13.2. The SMILES string of the molecule is COc1cc2c(cc1CNCCc1nccs1)OC(C)C2. The van der Waals surface area contributed by atoms with E-state index in [2.05, 4.69) is 29.4 Å². The van der Waals surface area contributed by atoms with Crippen LogP contribution in [0.1, 0.15) is 23.1 Å². The maximum atomic E-state index is 5.82. The molecular weight excluding hydrogens is 284 g/mol. The Morgan fingerprint density at radius 1 is 1.48 bits per heavy atom. The fraction of sp³-hybridized carbons (Fsp3) is 0.438. The van der Waals surface area contributed by atoms with Crippen molar-refractivity contribution in [2.75, 3.05) is 13.7 Å². The van der Waals surface area contributed by atoms with Crippen LogP contribution >= 0.6 is 11.3 Å². The highest BCUT2D eigenvalue weighted by atomic mass is 32.1. The minimum absolute atomic E-state index is 0.262. The number of hydrogen-bond acceptors (Lipinski definition) is 5. The molecule has 0 saturated carbocycles. The summed E-state index contributed by atoms with van der Waals surface area (Å²) in [7, 11) is 1.72. The van der Waals surface area contributed by atoms with Crippen molar-refractivity contribution in [1.82, 2.24) is 10.3 Å². The van der Waals surface area contributed by atoms with Gasteiger partial charge in [0.15, 0.2) is 0 Å². The monoisotopic (exact) mass is 304 g/mol. The summed E-state index contributed by atoms with van der Waals surface area (Å²) < 4.78 is 11.3. The number of aromatic nitrogens is 1. The Labute approximate surface area is 129 Å². The Balaban J connectivity index is 1.61. The minimum Gasteiger partial charge on any atom is -0.496 e. The first-order valence-corrected chi connectivity index (χ1v) is 8.09. The second-order valence-electron chi connectivity index (χ2n) is 5.26. The van der Waals surface area contributed by atoms with E-state index in [0.717, 1.165) is 43.0 Å². The van der Waals surface area contributed by atoms with Gasteiger partial charge in [0.25, 0.3) is 0 Å². The summed E-state index contributed by atoms with van der Waals surface area (Å²) in [6, 6.07) is 4.21. The molecule has 0 fully saturated rings. The third kappa shape index (κ3) is 3.36. The van der Waals surface area contributed by atoms with Crippen LogP contribution in [0.3, 0.4) is 0 Å². The number of nitrogens with one attached hydrogen (secondary N) is 1. The second-order valence-corrected chi connectivity index (χ2v) is 6.24. The van der Waals surface area contributed by atoms with Crippen LogP contribution < -0.4 is 14.8 Å². The summed E-state index contributed by atoms with van der Waals surface area (Å²) in [5, 5.41) is 6.63. The van der Waals surface area contributed by atoms with E-state index in [0.29, 0.717) is 0 Å². The van der Waals surface area contributed by atoms with E-state index in [9.17, 15) is 0 Å². The van der Waals surface area contributed by atoms with Gasteiger partial charge in [-0.2, -0.15) is 0 Å². The van der Waals surface area contributed by atoms with Crippen molar-refractivity contribution < 1.29 is 9.47 Å².